The minimum Gasteiger partial charge on any atom is -0.357 e. The molecule has 0 aliphatic rings. The molecule has 3 rings (SSSR count). The van der Waals surface area contributed by atoms with E-state index in [9.17, 15) is 0 Å². The summed E-state index contributed by atoms with van der Waals surface area (Å²) < 4.78 is 6.56. The molecule has 3 aromatic carbocycles. The van der Waals surface area contributed by atoms with E-state index in [4.69, 9.17) is 4.74 Å². The van der Waals surface area contributed by atoms with Crippen molar-refractivity contribution in [3.63, 3.8) is 0 Å². The molecule has 0 aromatic heterocycles. The van der Waals surface area contributed by atoms with E-state index in [1.54, 1.807) is 0 Å². The Bertz CT molecular complexity index is 945. The van der Waals surface area contributed by atoms with E-state index in [1.165, 1.54) is 0 Å². The summed E-state index contributed by atoms with van der Waals surface area (Å²) in [6, 6.07) is 30.9. The lowest BCUT2D eigenvalue weighted by Crippen LogP contribution is -2.24. The third kappa shape index (κ3) is 5.44. The number of benzene rings is 3. The van der Waals surface area contributed by atoms with E-state index in [0.717, 1.165) is 22.3 Å². The maximum Gasteiger partial charge on any atom is 0.138 e. The Balaban J connectivity index is 2.05. The fourth-order valence-electron chi connectivity index (χ4n) is 2.91. The lowest BCUT2D eigenvalue weighted by Gasteiger charge is -2.28. The summed E-state index contributed by atoms with van der Waals surface area (Å²) in [5, 5.41) is 0. The molecular weight excluding hydrogens is 340 g/mol. The van der Waals surface area contributed by atoms with Gasteiger partial charge >= 0.3 is 0 Å². The summed E-state index contributed by atoms with van der Waals surface area (Å²) in [5.41, 5.74) is 7.13. The predicted molar refractivity (Wildman–Crippen MR) is 118 cm³/mol. The van der Waals surface area contributed by atoms with Gasteiger partial charge in [0.15, 0.2) is 0 Å². The van der Waals surface area contributed by atoms with E-state index in [1.807, 2.05) is 74.5 Å². The van der Waals surface area contributed by atoms with Gasteiger partial charge in [-0.25, -0.2) is 0 Å². The molecule has 0 aliphatic heterocycles. The largest absolute Gasteiger partial charge is 0.357 e. The minimum atomic E-state index is -0.704. The summed E-state index contributed by atoms with van der Waals surface area (Å²) in [5.74, 6) is 0. The zero-order valence-corrected chi connectivity index (χ0v) is 16.5. The molecule has 1 unspecified atom stereocenters. The first-order chi connectivity index (χ1) is 13.7. The Morgan fingerprint density at radius 3 is 2.00 bits per heavy atom. The molecular formula is C27H26O. The molecule has 0 radical (unpaired) electrons. The van der Waals surface area contributed by atoms with Gasteiger partial charge in [-0.05, 0) is 48.3 Å². The van der Waals surface area contributed by atoms with Gasteiger partial charge in [-0.1, -0.05) is 97.1 Å². The van der Waals surface area contributed by atoms with Crippen molar-refractivity contribution < 1.29 is 4.74 Å². The van der Waals surface area contributed by atoms with Gasteiger partial charge in [0.25, 0.3) is 0 Å². The molecule has 0 heterocycles. The van der Waals surface area contributed by atoms with Crippen LogP contribution in [0.25, 0.3) is 6.08 Å². The zero-order chi connectivity index (χ0) is 19.7. The maximum atomic E-state index is 6.56. The van der Waals surface area contributed by atoms with Crippen LogP contribution in [0.4, 0.5) is 0 Å². The summed E-state index contributed by atoms with van der Waals surface area (Å²) >= 11 is 0. The Morgan fingerprint density at radius 1 is 0.821 bits per heavy atom. The molecule has 0 bridgehead atoms. The molecule has 1 nitrogen and oxygen atoms in total. The topological polar surface area (TPSA) is 9.23 Å². The number of ether oxygens (including phenoxy) is 1. The van der Waals surface area contributed by atoms with Crippen LogP contribution in [0.15, 0.2) is 114 Å². The highest BCUT2D eigenvalue weighted by atomic mass is 16.5. The Hall–Kier alpha value is -3.12. The quantitative estimate of drug-likeness (QED) is 0.412. The van der Waals surface area contributed by atoms with Crippen molar-refractivity contribution in [2.24, 2.45) is 0 Å². The minimum absolute atomic E-state index is 0.510. The summed E-state index contributed by atoms with van der Waals surface area (Å²) in [7, 11) is 0. The van der Waals surface area contributed by atoms with E-state index in [0.29, 0.717) is 6.61 Å². The fourth-order valence-corrected chi connectivity index (χ4v) is 2.91. The van der Waals surface area contributed by atoms with E-state index < -0.39 is 5.60 Å². The fraction of sp³-hybridized carbons (Fsp3) is 0.148. The van der Waals surface area contributed by atoms with Crippen molar-refractivity contribution in [3.05, 3.63) is 131 Å². The highest BCUT2D eigenvalue weighted by molar-refractivity contribution is 5.53. The third-order valence-electron chi connectivity index (χ3n) is 4.44. The highest BCUT2D eigenvalue weighted by Gasteiger charge is 2.27. The molecule has 0 fully saturated rings. The van der Waals surface area contributed by atoms with Gasteiger partial charge in [0, 0.05) is 0 Å². The van der Waals surface area contributed by atoms with Crippen LogP contribution in [-0.2, 0) is 16.9 Å². The molecule has 0 N–H and O–H groups in total. The third-order valence-corrected chi connectivity index (χ3v) is 4.44. The van der Waals surface area contributed by atoms with Crippen LogP contribution in [-0.4, -0.2) is 0 Å². The first-order valence-electron chi connectivity index (χ1n) is 9.57. The molecule has 3 aromatic rings. The first-order valence-corrected chi connectivity index (χ1v) is 9.57. The van der Waals surface area contributed by atoms with Crippen LogP contribution in [0.2, 0.25) is 0 Å². The molecule has 0 saturated carbocycles. The average molecular weight is 367 g/mol. The second kappa shape index (κ2) is 9.71. The summed E-state index contributed by atoms with van der Waals surface area (Å²) in [6.07, 6.45) is 6.26. The van der Waals surface area contributed by atoms with Crippen molar-refractivity contribution in [2.75, 3.05) is 0 Å². The van der Waals surface area contributed by atoms with E-state index >= 15 is 0 Å². The van der Waals surface area contributed by atoms with Crippen molar-refractivity contribution in [1.29, 1.82) is 0 Å². The maximum absolute atomic E-state index is 6.56. The molecule has 0 aliphatic carbocycles. The molecule has 28 heavy (non-hydrogen) atoms. The number of hydrogen-bond acceptors (Lipinski definition) is 1. The second-order valence-electron chi connectivity index (χ2n) is 6.97. The summed E-state index contributed by atoms with van der Waals surface area (Å²) in [6.45, 7) is 4.60. The number of rotatable bonds is 7. The van der Waals surface area contributed by atoms with Crippen molar-refractivity contribution in [1.82, 2.24) is 0 Å². The molecule has 0 amide bonds. The Kier molecular flexibility index (Phi) is 6.81. The number of hydrogen-bond donors (Lipinski definition) is 0. The average Bonchev–Trinajstić information content (AvgIpc) is 2.75. The van der Waals surface area contributed by atoms with Gasteiger partial charge in [0.2, 0.25) is 0 Å². The van der Waals surface area contributed by atoms with E-state index in [2.05, 4.69) is 54.3 Å². The van der Waals surface area contributed by atoms with Gasteiger partial charge < -0.3 is 4.74 Å². The highest BCUT2D eigenvalue weighted by Crippen LogP contribution is 2.31. The predicted octanol–water partition coefficient (Wildman–Crippen LogP) is 6.93. The summed E-state index contributed by atoms with van der Waals surface area (Å²) in [4.78, 5) is 0. The van der Waals surface area contributed by atoms with Crippen molar-refractivity contribution in [3.8, 4) is 0 Å². The van der Waals surface area contributed by atoms with E-state index in [-0.39, 0.29) is 0 Å². The van der Waals surface area contributed by atoms with Crippen LogP contribution in [0.3, 0.4) is 0 Å². The monoisotopic (exact) mass is 366 g/mol. The SMILES string of the molecule is CC(C)=C=CC(/C=C/c1ccccc1)(OCc1ccccc1)c1ccccc1. The van der Waals surface area contributed by atoms with Crippen molar-refractivity contribution in [2.45, 2.75) is 26.1 Å². The van der Waals surface area contributed by atoms with Crippen LogP contribution >= 0.6 is 0 Å². The van der Waals surface area contributed by atoms with Crippen LogP contribution in [0, 0.1) is 0 Å². The van der Waals surface area contributed by atoms with Crippen LogP contribution in [0.1, 0.15) is 30.5 Å². The van der Waals surface area contributed by atoms with Crippen LogP contribution < -0.4 is 0 Å². The Labute approximate surface area is 168 Å². The molecule has 0 spiro atoms. The molecule has 1 atom stereocenters. The second-order valence-corrected chi connectivity index (χ2v) is 6.97. The van der Waals surface area contributed by atoms with Gasteiger partial charge in [0.05, 0.1) is 6.61 Å². The lowest BCUT2D eigenvalue weighted by molar-refractivity contribution is 0.0125. The Morgan fingerprint density at radius 2 is 1.39 bits per heavy atom. The molecule has 140 valence electrons. The normalized spacial score (nSPS) is 12.9. The van der Waals surface area contributed by atoms with Gasteiger partial charge in [-0.15, -0.1) is 5.73 Å². The smallest absolute Gasteiger partial charge is 0.138 e. The standard InChI is InChI=1S/C27H26O/c1-23(2)18-20-27(26-16-10-5-11-17-26,21-19-24-12-6-3-7-13-24)28-22-25-14-8-4-9-15-25/h3-17,19-21H,22H2,1-2H3/b21-19+. The zero-order valence-electron chi connectivity index (χ0n) is 16.5. The first kappa shape index (κ1) is 19.6. The van der Waals surface area contributed by atoms with Gasteiger partial charge in [-0.3, -0.25) is 0 Å². The van der Waals surface area contributed by atoms with Crippen LogP contribution in [0.5, 0.6) is 0 Å². The van der Waals surface area contributed by atoms with Gasteiger partial charge in [-0.2, -0.15) is 0 Å². The van der Waals surface area contributed by atoms with Crippen molar-refractivity contribution >= 4 is 6.08 Å². The molecule has 0 saturated heterocycles. The molecule has 1 heteroatoms. The lowest BCUT2D eigenvalue weighted by atomic mass is 9.91. The van der Waals surface area contributed by atoms with Gasteiger partial charge in [0.1, 0.15) is 5.60 Å².